The van der Waals surface area contributed by atoms with Gasteiger partial charge in [0.05, 0.1) is 13.1 Å². The summed E-state index contributed by atoms with van der Waals surface area (Å²) < 4.78 is 1.29. The van der Waals surface area contributed by atoms with Crippen LogP contribution in [0.25, 0.3) is 0 Å². The van der Waals surface area contributed by atoms with E-state index in [4.69, 9.17) is 5.73 Å². The van der Waals surface area contributed by atoms with Crippen molar-refractivity contribution in [2.24, 2.45) is 5.92 Å². The Morgan fingerprint density at radius 1 is 1.06 bits per heavy atom. The number of benzene rings is 2. The van der Waals surface area contributed by atoms with Crippen molar-refractivity contribution >= 4 is 23.1 Å². The molecule has 3 rings (SSSR count). The van der Waals surface area contributed by atoms with Crippen LogP contribution in [-0.2, 0) is 16.8 Å². The number of nitrogens with one attached hydrogen (secondary N) is 2. The van der Waals surface area contributed by atoms with Crippen molar-refractivity contribution in [3.05, 3.63) is 86.6 Å². The van der Waals surface area contributed by atoms with Gasteiger partial charge in [-0.3, -0.25) is 19.1 Å². The number of rotatable bonds is 8. The van der Waals surface area contributed by atoms with Crippen LogP contribution in [0.4, 0.5) is 17.2 Å². The molecule has 0 atom stereocenters. The van der Waals surface area contributed by atoms with Crippen molar-refractivity contribution in [3.8, 4) is 0 Å². The summed E-state index contributed by atoms with van der Waals surface area (Å²) in [5.41, 5.74) is 7.73. The zero-order chi connectivity index (χ0) is 25.8. The second kappa shape index (κ2) is 10.6. The molecule has 0 aliphatic rings. The first kappa shape index (κ1) is 25.8. The van der Waals surface area contributed by atoms with E-state index in [2.05, 4.69) is 31.1 Å². The predicted molar refractivity (Wildman–Crippen MR) is 142 cm³/mol. The van der Waals surface area contributed by atoms with E-state index < -0.39 is 11.2 Å². The predicted octanol–water partition coefficient (Wildman–Crippen LogP) is 3.57. The first-order chi connectivity index (χ1) is 16.5. The number of para-hydroxylation sites is 1. The topological polar surface area (TPSA) is 113 Å². The zero-order valence-corrected chi connectivity index (χ0v) is 21.1. The maximum atomic E-state index is 13.4. The molecule has 8 nitrogen and oxygen atoms in total. The Hall–Kier alpha value is -3.81. The monoisotopic (exact) mass is 477 g/mol. The number of amides is 1. The Balaban J connectivity index is 1.96. The third kappa shape index (κ3) is 6.20. The fourth-order valence-corrected chi connectivity index (χ4v) is 4.00. The molecular weight excluding hydrogens is 442 g/mol. The number of aromatic nitrogens is 2. The largest absolute Gasteiger partial charge is 0.383 e. The lowest BCUT2D eigenvalue weighted by atomic mass is 9.86. The van der Waals surface area contributed by atoms with Crippen LogP contribution in [0.3, 0.4) is 0 Å². The van der Waals surface area contributed by atoms with Crippen molar-refractivity contribution in [1.82, 2.24) is 9.55 Å². The van der Waals surface area contributed by atoms with Gasteiger partial charge in [0.15, 0.2) is 5.69 Å². The number of nitrogens with zero attached hydrogens (tertiary/aromatic N) is 2. The molecule has 0 aliphatic heterocycles. The highest BCUT2D eigenvalue weighted by Crippen LogP contribution is 2.29. The molecule has 0 unspecified atom stereocenters. The number of H-pyrrole nitrogens is 1. The third-order valence-corrected chi connectivity index (χ3v) is 5.68. The highest BCUT2D eigenvalue weighted by atomic mass is 16.2. The zero-order valence-electron chi connectivity index (χ0n) is 21.1. The first-order valence-electron chi connectivity index (χ1n) is 11.8. The van der Waals surface area contributed by atoms with Gasteiger partial charge in [0.2, 0.25) is 5.91 Å². The van der Waals surface area contributed by atoms with E-state index in [0.29, 0.717) is 0 Å². The number of carbonyl (C=O) groups is 1. The summed E-state index contributed by atoms with van der Waals surface area (Å²) in [5.74, 6) is -0.287. The highest BCUT2D eigenvalue weighted by Gasteiger charge is 2.26. The van der Waals surface area contributed by atoms with E-state index in [1.165, 1.54) is 9.47 Å². The molecule has 2 aromatic carbocycles. The van der Waals surface area contributed by atoms with Crippen molar-refractivity contribution in [1.29, 1.82) is 0 Å². The fourth-order valence-electron chi connectivity index (χ4n) is 4.00. The molecular formula is C27H35N5O3. The quantitative estimate of drug-likeness (QED) is 0.459. The van der Waals surface area contributed by atoms with Crippen LogP contribution in [0, 0.1) is 5.92 Å². The van der Waals surface area contributed by atoms with Crippen LogP contribution in [-0.4, -0.2) is 28.5 Å². The number of aromatic amines is 1. The molecule has 1 heterocycles. The number of carbonyl (C=O) groups excluding carboxylic acids is 1. The number of nitrogen functional groups attached to an aromatic ring is 1. The molecule has 0 saturated heterocycles. The average Bonchev–Trinajstić information content (AvgIpc) is 2.79. The van der Waals surface area contributed by atoms with Gasteiger partial charge in [-0.15, -0.1) is 0 Å². The third-order valence-electron chi connectivity index (χ3n) is 5.68. The Kier molecular flexibility index (Phi) is 7.84. The lowest BCUT2D eigenvalue weighted by Crippen LogP contribution is -2.44. The standard InChI is InChI=1S/C27H35N5O3/c1-18(2)16-31(22(33)15-29-21-14-10-9-13-20(21)27(3,4)5)23-24(28)32(26(35)30-25(23)34)17-19-11-7-6-8-12-19/h6-14,18,29H,15-17,28H2,1-5H3,(H,30,34,35). The molecule has 4 N–H and O–H groups in total. The van der Waals surface area contributed by atoms with Gasteiger partial charge < -0.3 is 16.0 Å². The van der Waals surface area contributed by atoms with Crippen LogP contribution >= 0.6 is 0 Å². The Labute approximate surface area is 205 Å². The van der Waals surface area contributed by atoms with E-state index in [1.54, 1.807) is 0 Å². The summed E-state index contributed by atoms with van der Waals surface area (Å²) in [5, 5.41) is 3.24. The lowest BCUT2D eigenvalue weighted by molar-refractivity contribution is -0.117. The molecule has 186 valence electrons. The number of nitrogens with two attached hydrogens (primary N) is 1. The Morgan fingerprint density at radius 3 is 2.31 bits per heavy atom. The molecule has 8 heteroatoms. The smallest absolute Gasteiger partial charge is 0.330 e. The molecule has 1 aromatic heterocycles. The van der Waals surface area contributed by atoms with Crippen molar-refractivity contribution in [2.75, 3.05) is 29.0 Å². The van der Waals surface area contributed by atoms with Crippen molar-refractivity contribution in [3.63, 3.8) is 0 Å². The van der Waals surface area contributed by atoms with E-state index in [0.717, 1.165) is 16.8 Å². The van der Waals surface area contributed by atoms with Crippen LogP contribution < -0.4 is 27.2 Å². The van der Waals surface area contributed by atoms with Crippen molar-refractivity contribution < 1.29 is 4.79 Å². The van der Waals surface area contributed by atoms with Gasteiger partial charge in [-0.1, -0.05) is 83.1 Å². The van der Waals surface area contributed by atoms with Crippen molar-refractivity contribution in [2.45, 2.75) is 46.6 Å². The molecule has 1 amide bonds. The first-order valence-corrected chi connectivity index (χ1v) is 11.8. The second-order valence-electron chi connectivity index (χ2n) is 10.1. The number of hydrogen-bond acceptors (Lipinski definition) is 5. The molecule has 0 saturated carbocycles. The van der Waals surface area contributed by atoms with Crippen LogP contribution in [0.1, 0.15) is 45.7 Å². The Bertz CT molecular complexity index is 1290. The second-order valence-corrected chi connectivity index (χ2v) is 10.1. The lowest BCUT2D eigenvalue weighted by Gasteiger charge is -2.27. The fraction of sp³-hybridized carbons (Fsp3) is 0.370. The van der Waals surface area contributed by atoms with E-state index >= 15 is 0 Å². The van der Waals surface area contributed by atoms with Gasteiger partial charge in [0.25, 0.3) is 5.56 Å². The molecule has 0 spiro atoms. The molecule has 0 bridgehead atoms. The van der Waals surface area contributed by atoms with Gasteiger partial charge in [-0.2, -0.15) is 0 Å². The van der Waals surface area contributed by atoms with E-state index in [9.17, 15) is 14.4 Å². The summed E-state index contributed by atoms with van der Waals surface area (Å²) in [6, 6.07) is 17.2. The number of hydrogen-bond donors (Lipinski definition) is 3. The SMILES string of the molecule is CC(C)CN(C(=O)CNc1ccccc1C(C)(C)C)c1c(N)n(Cc2ccccc2)c(=O)[nH]c1=O. The maximum absolute atomic E-state index is 13.4. The summed E-state index contributed by atoms with van der Waals surface area (Å²) >= 11 is 0. The molecule has 0 fully saturated rings. The summed E-state index contributed by atoms with van der Waals surface area (Å²) in [6.07, 6.45) is 0. The number of anilines is 3. The molecule has 3 aromatic rings. The molecule has 35 heavy (non-hydrogen) atoms. The van der Waals surface area contributed by atoms with E-state index in [1.807, 2.05) is 68.4 Å². The highest BCUT2D eigenvalue weighted by molar-refractivity contribution is 5.98. The van der Waals surface area contributed by atoms with Gasteiger partial charge >= 0.3 is 5.69 Å². The van der Waals surface area contributed by atoms with Gasteiger partial charge in [-0.25, -0.2) is 4.79 Å². The van der Waals surface area contributed by atoms with Crippen LogP contribution in [0.15, 0.2) is 64.2 Å². The van der Waals surface area contributed by atoms with Gasteiger partial charge in [0.1, 0.15) is 5.82 Å². The summed E-state index contributed by atoms with van der Waals surface area (Å²) in [4.78, 5) is 42.6. The van der Waals surface area contributed by atoms with E-state index in [-0.39, 0.29) is 48.4 Å². The van der Waals surface area contributed by atoms with Crippen LogP contribution in [0.5, 0.6) is 0 Å². The average molecular weight is 478 g/mol. The summed E-state index contributed by atoms with van der Waals surface area (Å²) in [7, 11) is 0. The molecule has 0 radical (unpaired) electrons. The minimum atomic E-state index is -0.680. The van der Waals surface area contributed by atoms with Crippen LogP contribution in [0.2, 0.25) is 0 Å². The summed E-state index contributed by atoms with van der Waals surface area (Å²) in [6.45, 7) is 10.6. The normalized spacial score (nSPS) is 11.5. The van der Waals surface area contributed by atoms with Gasteiger partial charge in [0, 0.05) is 12.2 Å². The Morgan fingerprint density at radius 2 is 1.69 bits per heavy atom. The van der Waals surface area contributed by atoms with Gasteiger partial charge in [-0.05, 0) is 28.5 Å². The maximum Gasteiger partial charge on any atom is 0.330 e. The minimum absolute atomic E-state index is 0.00913. The minimum Gasteiger partial charge on any atom is -0.383 e. The molecule has 0 aliphatic carbocycles.